The Hall–Kier alpha value is -2.96. The molecule has 1 aliphatic carbocycles. The number of hydrogen-bond donors (Lipinski definition) is 0. The van der Waals surface area contributed by atoms with Crippen LogP contribution in [0, 0.1) is 6.92 Å². The van der Waals surface area contributed by atoms with E-state index in [9.17, 15) is 0 Å². The van der Waals surface area contributed by atoms with Crippen molar-refractivity contribution in [3.8, 4) is 11.4 Å². The Bertz CT molecular complexity index is 1130. The minimum Gasteiger partial charge on any atom is -0.318 e. The van der Waals surface area contributed by atoms with Crippen LogP contribution in [0.3, 0.4) is 0 Å². The second-order valence-electron chi connectivity index (χ2n) is 7.33. The van der Waals surface area contributed by atoms with E-state index in [0.29, 0.717) is 11.8 Å². The average Bonchev–Trinajstić information content (AvgIpc) is 2.91. The molecule has 2 atom stereocenters. The van der Waals surface area contributed by atoms with Gasteiger partial charge in [0.05, 0.1) is 29.6 Å². The fraction of sp³-hybridized carbons (Fsp3) is 0.368. The molecule has 5 rings (SSSR count). The summed E-state index contributed by atoms with van der Waals surface area (Å²) in [6, 6.07) is 4.28. The van der Waals surface area contributed by atoms with Gasteiger partial charge in [0.1, 0.15) is 5.52 Å². The third-order valence-electron chi connectivity index (χ3n) is 5.34. The first-order valence-corrected chi connectivity index (χ1v) is 8.83. The molecule has 0 radical (unpaired) electrons. The number of aromatic nitrogens is 7. The van der Waals surface area contributed by atoms with Gasteiger partial charge in [0, 0.05) is 33.3 Å². The van der Waals surface area contributed by atoms with Gasteiger partial charge in [0.2, 0.25) is 0 Å². The SMILES string of the molecule is Cc1cc(-c2cc([C@@H]3C[C@H]3c3cnn(C)c3)nn2C)nc2c1ncn2C. The van der Waals surface area contributed by atoms with Crippen molar-refractivity contribution in [3.05, 3.63) is 47.7 Å². The van der Waals surface area contributed by atoms with E-state index in [1.54, 1.807) is 0 Å². The summed E-state index contributed by atoms with van der Waals surface area (Å²) in [5, 5.41) is 9.07. The summed E-state index contributed by atoms with van der Waals surface area (Å²) in [5.74, 6) is 1.00. The van der Waals surface area contributed by atoms with Crippen LogP contribution in [0.1, 0.15) is 35.1 Å². The fourth-order valence-corrected chi connectivity index (χ4v) is 3.82. The van der Waals surface area contributed by atoms with Crippen LogP contribution in [0.2, 0.25) is 0 Å². The van der Waals surface area contributed by atoms with Gasteiger partial charge in [-0.3, -0.25) is 9.36 Å². The Morgan fingerprint density at radius 1 is 1.12 bits per heavy atom. The predicted molar refractivity (Wildman–Crippen MR) is 98.8 cm³/mol. The number of rotatable bonds is 3. The van der Waals surface area contributed by atoms with Crippen molar-refractivity contribution in [2.75, 3.05) is 0 Å². The third-order valence-corrected chi connectivity index (χ3v) is 5.34. The zero-order valence-electron chi connectivity index (χ0n) is 15.4. The Morgan fingerprint density at radius 2 is 1.96 bits per heavy atom. The molecule has 132 valence electrons. The van der Waals surface area contributed by atoms with Gasteiger partial charge in [0.15, 0.2) is 5.65 Å². The van der Waals surface area contributed by atoms with E-state index in [0.717, 1.165) is 40.2 Å². The highest BCUT2D eigenvalue weighted by molar-refractivity contribution is 5.78. The molecule has 7 heteroatoms. The van der Waals surface area contributed by atoms with Gasteiger partial charge in [0.25, 0.3) is 0 Å². The first-order valence-electron chi connectivity index (χ1n) is 8.83. The van der Waals surface area contributed by atoms with Crippen LogP contribution in [0.15, 0.2) is 30.9 Å². The van der Waals surface area contributed by atoms with E-state index in [4.69, 9.17) is 10.1 Å². The molecule has 1 aliphatic rings. The largest absolute Gasteiger partial charge is 0.318 e. The lowest BCUT2D eigenvalue weighted by Gasteiger charge is -2.04. The molecule has 4 heterocycles. The maximum Gasteiger partial charge on any atom is 0.160 e. The van der Waals surface area contributed by atoms with Gasteiger partial charge in [-0.05, 0) is 42.5 Å². The van der Waals surface area contributed by atoms with E-state index < -0.39 is 0 Å². The Kier molecular flexibility index (Phi) is 3.10. The van der Waals surface area contributed by atoms with E-state index in [-0.39, 0.29) is 0 Å². The molecule has 0 bridgehead atoms. The fourth-order valence-electron chi connectivity index (χ4n) is 3.82. The van der Waals surface area contributed by atoms with Crippen LogP contribution in [0.25, 0.3) is 22.6 Å². The second kappa shape index (κ2) is 5.27. The van der Waals surface area contributed by atoms with Crippen molar-refractivity contribution in [1.29, 1.82) is 0 Å². The van der Waals surface area contributed by atoms with Gasteiger partial charge < -0.3 is 4.57 Å². The van der Waals surface area contributed by atoms with E-state index in [1.165, 1.54) is 5.56 Å². The van der Waals surface area contributed by atoms with Crippen molar-refractivity contribution < 1.29 is 0 Å². The van der Waals surface area contributed by atoms with Crippen LogP contribution < -0.4 is 0 Å². The first-order chi connectivity index (χ1) is 12.5. The lowest BCUT2D eigenvalue weighted by Crippen LogP contribution is -1.98. The molecule has 0 aromatic carbocycles. The highest BCUT2D eigenvalue weighted by Gasteiger charge is 2.42. The van der Waals surface area contributed by atoms with Crippen LogP contribution in [0.5, 0.6) is 0 Å². The van der Waals surface area contributed by atoms with E-state index in [2.05, 4.69) is 35.3 Å². The van der Waals surface area contributed by atoms with E-state index >= 15 is 0 Å². The summed E-state index contributed by atoms with van der Waals surface area (Å²) < 4.78 is 5.77. The molecule has 0 amide bonds. The zero-order valence-corrected chi connectivity index (χ0v) is 15.4. The average molecular weight is 347 g/mol. The van der Waals surface area contributed by atoms with Crippen molar-refractivity contribution in [3.63, 3.8) is 0 Å². The maximum atomic E-state index is 4.83. The molecule has 7 nitrogen and oxygen atoms in total. The van der Waals surface area contributed by atoms with Gasteiger partial charge in [-0.1, -0.05) is 0 Å². The summed E-state index contributed by atoms with van der Waals surface area (Å²) >= 11 is 0. The second-order valence-corrected chi connectivity index (χ2v) is 7.33. The summed E-state index contributed by atoms with van der Waals surface area (Å²) in [6.07, 6.45) is 7.02. The topological polar surface area (TPSA) is 66.3 Å². The maximum absolute atomic E-state index is 4.83. The molecule has 0 unspecified atom stereocenters. The number of nitrogens with zero attached hydrogens (tertiary/aromatic N) is 7. The van der Waals surface area contributed by atoms with Gasteiger partial charge in [-0.15, -0.1) is 0 Å². The highest BCUT2D eigenvalue weighted by atomic mass is 15.3. The number of pyridine rings is 1. The van der Waals surface area contributed by atoms with E-state index in [1.807, 2.05) is 47.6 Å². The zero-order chi connectivity index (χ0) is 18.0. The first kappa shape index (κ1) is 15.3. The van der Waals surface area contributed by atoms with Crippen molar-refractivity contribution in [1.82, 2.24) is 34.1 Å². The van der Waals surface area contributed by atoms with Gasteiger partial charge >= 0.3 is 0 Å². The standard InChI is InChI=1S/C19H21N7/c1-11-5-16(22-19-18(11)20-10-24(19)2)17-7-15(23-26(17)4)14-6-13(14)12-8-21-25(3)9-12/h5,7-10,13-14H,6H2,1-4H3/t13-,14+/m0/s1. The quantitative estimate of drug-likeness (QED) is 0.571. The molecular weight excluding hydrogens is 326 g/mol. The van der Waals surface area contributed by atoms with Crippen LogP contribution in [-0.4, -0.2) is 34.1 Å². The Balaban J connectivity index is 1.51. The molecule has 0 aliphatic heterocycles. The molecule has 1 saturated carbocycles. The molecular formula is C19H21N7. The minimum absolute atomic E-state index is 0.473. The molecule has 1 fully saturated rings. The smallest absolute Gasteiger partial charge is 0.160 e. The lowest BCUT2D eigenvalue weighted by atomic mass is 10.1. The molecule has 4 aromatic heterocycles. The number of aryl methyl sites for hydroxylation is 4. The Labute approximate surface area is 151 Å². The normalized spacial score (nSPS) is 19.4. The summed E-state index contributed by atoms with van der Waals surface area (Å²) in [6.45, 7) is 2.08. The molecule has 4 aromatic rings. The van der Waals surface area contributed by atoms with Gasteiger partial charge in [-0.25, -0.2) is 9.97 Å². The summed E-state index contributed by atoms with van der Waals surface area (Å²) in [5.41, 5.74) is 7.42. The number of imidazole rings is 1. The van der Waals surface area contributed by atoms with Gasteiger partial charge in [-0.2, -0.15) is 10.2 Å². The summed E-state index contributed by atoms with van der Waals surface area (Å²) in [4.78, 5) is 9.26. The number of fused-ring (bicyclic) bond motifs is 1. The van der Waals surface area contributed by atoms with Crippen molar-refractivity contribution >= 4 is 11.2 Å². The third kappa shape index (κ3) is 2.27. The number of hydrogen-bond acceptors (Lipinski definition) is 4. The van der Waals surface area contributed by atoms with Crippen LogP contribution in [0.4, 0.5) is 0 Å². The Morgan fingerprint density at radius 3 is 2.73 bits per heavy atom. The monoisotopic (exact) mass is 347 g/mol. The molecule has 0 spiro atoms. The molecule has 0 N–H and O–H groups in total. The lowest BCUT2D eigenvalue weighted by molar-refractivity contribution is 0.745. The highest BCUT2D eigenvalue weighted by Crippen LogP contribution is 2.54. The van der Waals surface area contributed by atoms with Crippen molar-refractivity contribution in [2.45, 2.75) is 25.2 Å². The van der Waals surface area contributed by atoms with Crippen LogP contribution >= 0.6 is 0 Å². The minimum atomic E-state index is 0.473. The van der Waals surface area contributed by atoms with Crippen LogP contribution in [-0.2, 0) is 21.1 Å². The summed E-state index contributed by atoms with van der Waals surface area (Å²) in [7, 11) is 5.93. The predicted octanol–water partition coefficient (Wildman–Crippen LogP) is 2.68. The van der Waals surface area contributed by atoms with Crippen molar-refractivity contribution in [2.24, 2.45) is 21.1 Å². The molecule has 0 saturated heterocycles. The molecule has 26 heavy (non-hydrogen) atoms.